The largest absolute Gasteiger partial charge is 0.469 e. The highest BCUT2D eigenvalue weighted by atomic mass is 35.5. The van der Waals surface area contributed by atoms with Gasteiger partial charge in [-0.2, -0.15) is 5.26 Å². The van der Waals surface area contributed by atoms with Crippen molar-refractivity contribution in [2.24, 2.45) is 18.4 Å². The number of phosphoric ester groups is 1. The van der Waals surface area contributed by atoms with Crippen molar-refractivity contribution < 1.29 is 28.4 Å². The lowest BCUT2D eigenvalue weighted by Crippen LogP contribution is -2.59. The summed E-state index contributed by atoms with van der Waals surface area (Å²) in [5.41, 5.74) is 1.69. The van der Waals surface area contributed by atoms with Crippen LogP contribution in [0.2, 0.25) is 5.02 Å². The summed E-state index contributed by atoms with van der Waals surface area (Å²) >= 11 is 6.94. The number of fused-ring (bicyclic) bond motifs is 2. The predicted molar refractivity (Wildman–Crippen MR) is 198 cm³/mol. The number of ether oxygens (including phenoxy) is 1. The minimum absolute atomic E-state index is 0.139. The van der Waals surface area contributed by atoms with E-state index in [0.717, 1.165) is 19.3 Å². The average molecular weight is 761 g/mol. The smallest absolute Gasteiger partial charge is 0.447 e. The molecule has 3 aliphatic carbocycles. The van der Waals surface area contributed by atoms with E-state index in [1.165, 1.54) is 15.7 Å². The Labute approximate surface area is 309 Å². The van der Waals surface area contributed by atoms with Gasteiger partial charge >= 0.3 is 13.9 Å². The van der Waals surface area contributed by atoms with Crippen LogP contribution < -0.4 is 15.8 Å². The van der Waals surface area contributed by atoms with Gasteiger partial charge in [0.15, 0.2) is 0 Å². The van der Waals surface area contributed by atoms with E-state index < -0.39 is 33.2 Å². The lowest BCUT2D eigenvalue weighted by atomic mass is 9.50. The fraction of sp³-hybridized carbons (Fsp3) is 0.389. The van der Waals surface area contributed by atoms with E-state index in [0.29, 0.717) is 51.1 Å². The maximum Gasteiger partial charge on any atom is 0.469 e. The molecule has 1 amide bonds. The number of aryl methyl sites for hydroxylation is 1. The first-order valence-electron chi connectivity index (χ1n) is 17.0. The molecule has 3 saturated carbocycles. The van der Waals surface area contributed by atoms with Crippen LogP contribution in [0.4, 0.5) is 16.2 Å². The predicted octanol–water partition coefficient (Wildman–Crippen LogP) is 6.01. The van der Waals surface area contributed by atoms with Crippen LogP contribution in [0, 0.1) is 22.7 Å². The Hall–Kier alpha value is -4.84. The molecule has 3 aliphatic rings. The van der Waals surface area contributed by atoms with Crippen molar-refractivity contribution in [1.29, 1.82) is 5.26 Å². The fourth-order valence-corrected chi connectivity index (χ4v) is 7.72. The molecule has 3 heterocycles. The van der Waals surface area contributed by atoms with Gasteiger partial charge in [0.25, 0.3) is 5.56 Å². The number of rotatable bonds is 11. The number of carbonyl (C=O) groups is 1. The van der Waals surface area contributed by atoms with Gasteiger partial charge in [-0.25, -0.2) is 14.0 Å². The molecule has 17 heteroatoms. The highest BCUT2D eigenvalue weighted by Crippen LogP contribution is 2.62. The van der Waals surface area contributed by atoms with Crippen molar-refractivity contribution in [1.82, 2.24) is 24.5 Å². The van der Waals surface area contributed by atoms with Crippen molar-refractivity contribution in [3.63, 3.8) is 0 Å². The zero-order valence-corrected chi connectivity index (χ0v) is 31.1. The Bertz CT molecular complexity index is 2400. The Kier molecular flexibility index (Phi) is 9.33. The Morgan fingerprint density at radius 3 is 2.60 bits per heavy atom. The number of nitriles is 1. The molecular weight excluding hydrogens is 723 g/mol. The molecule has 2 aromatic carbocycles. The minimum atomic E-state index is -4.85. The van der Waals surface area contributed by atoms with Crippen molar-refractivity contribution in [2.75, 3.05) is 30.0 Å². The molecule has 0 spiro atoms. The van der Waals surface area contributed by atoms with Crippen LogP contribution >= 0.6 is 19.4 Å². The third-order valence-corrected chi connectivity index (χ3v) is 10.7. The van der Waals surface area contributed by atoms with E-state index in [1.54, 1.807) is 49.6 Å². The molecule has 0 aliphatic heterocycles. The number of carbonyl (C=O) groups excluding carboxylic acids is 1. The van der Waals surface area contributed by atoms with Crippen LogP contribution in [0.15, 0.2) is 59.8 Å². The number of aromatic nitrogens is 5. The van der Waals surface area contributed by atoms with Gasteiger partial charge in [-0.1, -0.05) is 49.7 Å². The summed E-state index contributed by atoms with van der Waals surface area (Å²) in [7, 11) is -3.20. The lowest BCUT2D eigenvalue weighted by Gasteiger charge is -2.61. The number of pyridine rings is 2. The molecule has 276 valence electrons. The van der Waals surface area contributed by atoms with Gasteiger partial charge in [-0.05, 0) is 65.8 Å². The van der Waals surface area contributed by atoms with Crippen LogP contribution in [0.1, 0.15) is 62.9 Å². The molecule has 1 atom stereocenters. The van der Waals surface area contributed by atoms with Crippen LogP contribution in [-0.4, -0.2) is 60.2 Å². The standard InChI is InChI=1S/C36H38ClN8O7P/c1-35(2,3)20-40-30-22(17-38)18-39-31-27(30)12-23(13-28(31)37)45(34(47)51-10-11-52-53(48,49)50)32(29-19-44(42-41-29)36-14-21(15-36)16-36)25-6-5-7-26-24(25)8-9-43(4)33(26)46/h5-9,12-13,18-19,21,32H,10-11,14-16,20H2,1-4H3,(H,39,40)(H2,48,49,50). The Morgan fingerprint density at radius 2 is 1.94 bits per heavy atom. The van der Waals surface area contributed by atoms with E-state index in [2.05, 4.69) is 31.2 Å². The number of halogens is 1. The molecule has 8 rings (SSSR count). The van der Waals surface area contributed by atoms with E-state index in [-0.39, 0.29) is 32.8 Å². The molecule has 15 nitrogen and oxygen atoms in total. The highest BCUT2D eigenvalue weighted by Gasteiger charge is 2.59. The second kappa shape index (κ2) is 13.5. The topological polar surface area (TPSA) is 198 Å². The van der Waals surface area contributed by atoms with E-state index in [1.807, 2.05) is 31.6 Å². The molecule has 1 unspecified atom stereocenters. The first kappa shape index (κ1) is 36.5. The van der Waals surface area contributed by atoms with Crippen LogP contribution in [-0.2, 0) is 26.4 Å². The SMILES string of the molecule is Cn1ccc2c(C(c3cn(C45CC(C4)C5)nn3)N(C(=O)OCCOP(=O)(O)O)c3cc(Cl)c4ncc(C#N)c(NCC(C)(C)C)c4c3)cccc2c1=O. The molecule has 3 aromatic heterocycles. The second-order valence-corrected chi connectivity index (χ2v) is 16.6. The maximum atomic E-state index is 14.5. The zero-order chi connectivity index (χ0) is 37.9. The number of amides is 1. The maximum absolute atomic E-state index is 14.5. The molecule has 5 aromatic rings. The third kappa shape index (κ3) is 7.01. The first-order chi connectivity index (χ1) is 25.1. The summed E-state index contributed by atoms with van der Waals surface area (Å²) in [5, 5.41) is 24.2. The van der Waals surface area contributed by atoms with Crippen LogP contribution in [0.5, 0.6) is 0 Å². The lowest BCUT2D eigenvalue weighted by molar-refractivity contribution is -0.0989. The van der Waals surface area contributed by atoms with Gasteiger partial charge in [0.05, 0.1) is 45.8 Å². The van der Waals surface area contributed by atoms with E-state index in [9.17, 15) is 29.2 Å². The molecule has 0 radical (unpaired) electrons. The van der Waals surface area contributed by atoms with E-state index in [4.69, 9.17) is 16.3 Å². The van der Waals surface area contributed by atoms with Gasteiger partial charge in [0.2, 0.25) is 0 Å². The van der Waals surface area contributed by atoms with Crippen LogP contribution in [0.25, 0.3) is 21.7 Å². The molecule has 2 bridgehead atoms. The van der Waals surface area contributed by atoms with Crippen molar-refractivity contribution in [3.8, 4) is 6.07 Å². The molecule has 53 heavy (non-hydrogen) atoms. The number of benzene rings is 2. The van der Waals surface area contributed by atoms with Crippen LogP contribution in [0.3, 0.4) is 0 Å². The molecule has 3 N–H and O–H groups in total. The summed E-state index contributed by atoms with van der Waals surface area (Å²) < 4.78 is 24.9. The van der Waals surface area contributed by atoms with Crippen molar-refractivity contribution >= 4 is 58.6 Å². The summed E-state index contributed by atoms with van der Waals surface area (Å²) in [6.07, 6.45) is 6.90. The number of nitrogens with one attached hydrogen (secondary N) is 1. The number of hydrogen-bond acceptors (Lipinski definition) is 10. The highest BCUT2D eigenvalue weighted by molar-refractivity contribution is 7.46. The molecule has 3 fully saturated rings. The van der Waals surface area contributed by atoms with Gasteiger partial charge in [0, 0.05) is 36.8 Å². The summed E-state index contributed by atoms with van der Waals surface area (Å²) in [4.78, 5) is 52.1. The minimum Gasteiger partial charge on any atom is -0.447 e. The monoisotopic (exact) mass is 760 g/mol. The number of anilines is 2. The van der Waals surface area contributed by atoms with E-state index >= 15 is 0 Å². The Balaban J connectivity index is 1.45. The summed E-state index contributed by atoms with van der Waals surface area (Å²) in [6.45, 7) is 5.53. The first-order valence-corrected chi connectivity index (χ1v) is 18.9. The van der Waals surface area contributed by atoms with Gasteiger partial charge in [-0.15, -0.1) is 5.10 Å². The van der Waals surface area contributed by atoms with Gasteiger partial charge < -0.3 is 24.4 Å². The summed E-state index contributed by atoms with van der Waals surface area (Å²) in [5.74, 6) is 0.655. The number of phosphoric acid groups is 1. The average Bonchev–Trinajstić information content (AvgIpc) is 3.52. The van der Waals surface area contributed by atoms with Crippen molar-refractivity contribution in [2.45, 2.75) is 51.6 Å². The normalized spacial score (nSPS) is 18.6. The van der Waals surface area contributed by atoms with Gasteiger partial charge in [0.1, 0.15) is 24.4 Å². The number of nitrogens with zero attached hydrogens (tertiary/aromatic N) is 7. The second-order valence-electron chi connectivity index (χ2n) is 14.9. The summed E-state index contributed by atoms with van der Waals surface area (Å²) in [6, 6.07) is 11.4. The van der Waals surface area contributed by atoms with Crippen molar-refractivity contribution in [3.05, 3.63) is 87.2 Å². The quantitative estimate of drug-likeness (QED) is 0.105. The molecule has 0 saturated heterocycles. The Morgan fingerprint density at radius 1 is 1.19 bits per heavy atom. The zero-order valence-electron chi connectivity index (χ0n) is 29.5. The third-order valence-electron chi connectivity index (χ3n) is 9.86. The number of hydrogen-bond donors (Lipinski definition) is 3. The molecular formula is C36H38ClN8O7P. The fourth-order valence-electron chi connectivity index (χ4n) is 7.14. The van der Waals surface area contributed by atoms with Gasteiger partial charge in [-0.3, -0.25) is 19.2 Å².